The molecule has 5 nitrogen and oxygen atoms in total. The summed E-state index contributed by atoms with van der Waals surface area (Å²) < 4.78 is 5.24. The number of carbonyl (C=O) groups is 2. The Morgan fingerprint density at radius 1 is 1.50 bits per heavy atom. The standard InChI is InChI=1S/C13H21NO4/c1-4-11-5-6-12(18-10(3)17)13(7-11,8-15)14-9(2)16/h4,11-12,15H,1,5-8H2,2-3H3,(H,14,16)/t11-,12+,13+/m1/s1. The first-order chi connectivity index (χ1) is 8.43. The molecule has 0 aromatic carbocycles. The molecule has 0 aromatic heterocycles. The predicted octanol–water partition coefficient (Wildman–Crippen LogP) is 0.771. The maximum atomic E-state index is 11.3. The minimum absolute atomic E-state index is 0.204. The first-order valence-electron chi connectivity index (χ1n) is 6.13. The fourth-order valence-electron chi connectivity index (χ4n) is 2.60. The van der Waals surface area contributed by atoms with Crippen molar-refractivity contribution in [2.24, 2.45) is 5.92 Å². The van der Waals surface area contributed by atoms with Gasteiger partial charge in [-0.3, -0.25) is 9.59 Å². The molecule has 102 valence electrons. The number of nitrogens with one attached hydrogen (secondary N) is 1. The molecule has 1 aliphatic rings. The summed E-state index contributed by atoms with van der Waals surface area (Å²) in [5.74, 6) is -0.443. The molecule has 0 spiro atoms. The lowest BCUT2D eigenvalue weighted by atomic mass is 9.73. The number of hydrogen-bond acceptors (Lipinski definition) is 4. The highest BCUT2D eigenvalue weighted by molar-refractivity contribution is 5.74. The summed E-state index contributed by atoms with van der Waals surface area (Å²) in [4.78, 5) is 22.4. The largest absolute Gasteiger partial charge is 0.460 e. The molecule has 1 aliphatic carbocycles. The zero-order valence-corrected chi connectivity index (χ0v) is 10.9. The molecule has 3 atom stereocenters. The van der Waals surface area contributed by atoms with Gasteiger partial charge in [0.2, 0.25) is 5.91 Å². The number of ether oxygens (including phenoxy) is 1. The van der Waals surface area contributed by atoms with Crippen LogP contribution in [0.25, 0.3) is 0 Å². The van der Waals surface area contributed by atoms with Crippen LogP contribution in [0.2, 0.25) is 0 Å². The van der Waals surface area contributed by atoms with Crippen molar-refractivity contribution in [3.05, 3.63) is 12.7 Å². The summed E-state index contributed by atoms with van der Waals surface area (Å²) >= 11 is 0. The van der Waals surface area contributed by atoms with Crippen LogP contribution in [0, 0.1) is 5.92 Å². The van der Waals surface area contributed by atoms with Crippen molar-refractivity contribution in [3.63, 3.8) is 0 Å². The van der Waals surface area contributed by atoms with Crippen molar-refractivity contribution in [3.8, 4) is 0 Å². The summed E-state index contributed by atoms with van der Waals surface area (Å²) in [5.41, 5.74) is -0.894. The number of carbonyl (C=O) groups excluding carboxylic acids is 2. The second-order valence-corrected chi connectivity index (χ2v) is 4.87. The van der Waals surface area contributed by atoms with Gasteiger partial charge in [0.25, 0.3) is 0 Å². The molecule has 0 saturated heterocycles. The van der Waals surface area contributed by atoms with Crippen LogP contribution in [-0.4, -0.2) is 35.2 Å². The molecular formula is C13H21NO4. The average Bonchev–Trinajstić information content (AvgIpc) is 2.30. The third kappa shape index (κ3) is 3.32. The minimum atomic E-state index is -0.894. The van der Waals surface area contributed by atoms with Crippen LogP contribution < -0.4 is 5.32 Å². The van der Waals surface area contributed by atoms with Gasteiger partial charge in [0.15, 0.2) is 0 Å². The molecule has 0 unspecified atom stereocenters. The second-order valence-electron chi connectivity index (χ2n) is 4.87. The van der Waals surface area contributed by atoms with Crippen molar-refractivity contribution in [1.82, 2.24) is 5.32 Å². The highest BCUT2D eigenvalue weighted by Gasteiger charge is 2.45. The van der Waals surface area contributed by atoms with Crippen LogP contribution in [0.5, 0.6) is 0 Å². The highest BCUT2D eigenvalue weighted by atomic mass is 16.5. The molecule has 0 heterocycles. The van der Waals surface area contributed by atoms with E-state index in [4.69, 9.17) is 4.74 Å². The van der Waals surface area contributed by atoms with E-state index >= 15 is 0 Å². The van der Waals surface area contributed by atoms with Gasteiger partial charge in [0, 0.05) is 13.8 Å². The van der Waals surface area contributed by atoms with E-state index < -0.39 is 17.6 Å². The zero-order chi connectivity index (χ0) is 13.8. The van der Waals surface area contributed by atoms with Gasteiger partial charge in [-0.05, 0) is 25.2 Å². The van der Waals surface area contributed by atoms with Crippen LogP contribution in [0.4, 0.5) is 0 Å². The Morgan fingerprint density at radius 2 is 2.17 bits per heavy atom. The minimum Gasteiger partial charge on any atom is -0.460 e. The SMILES string of the molecule is C=C[C@@H]1CC[C@H](OC(C)=O)[C@](CO)(NC(C)=O)C1. The normalized spacial score (nSPS) is 31.5. The lowest BCUT2D eigenvalue weighted by molar-refractivity contribution is -0.157. The average molecular weight is 255 g/mol. The van der Waals surface area contributed by atoms with E-state index in [0.717, 1.165) is 6.42 Å². The molecule has 0 aliphatic heterocycles. The Bertz CT molecular complexity index is 342. The maximum Gasteiger partial charge on any atom is 0.302 e. The lowest BCUT2D eigenvalue weighted by Crippen LogP contribution is -2.62. The number of allylic oxidation sites excluding steroid dienone is 1. The molecule has 1 saturated carbocycles. The molecule has 1 rings (SSSR count). The molecule has 0 radical (unpaired) electrons. The second kappa shape index (κ2) is 6.00. The van der Waals surface area contributed by atoms with Crippen molar-refractivity contribution in [2.45, 2.75) is 44.8 Å². The van der Waals surface area contributed by atoms with Crippen LogP contribution in [0.1, 0.15) is 33.1 Å². The van der Waals surface area contributed by atoms with E-state index in [1.165, 1.54) is 13.8 Å². The van der Waals surface area contributed by atoms with Gasteiger partial charge in [-0.25, -0.2) is 0 Å². The van der Waals surface area contributed by atoms with Crippen molar-refractivity contribution < 1.29 is 19.4 Å². The van der Waals surface area contributed by atoms with Gasteiger partial charge in [-0.15, -0.1) is 6.58 Å². The summed E-state index contributed by atoms with van der Waals surface area (Å²) in [6.45, 7) is 6.21. The Balaban J connectivity index is 2.95. The highest BCUT2D eigenvalue weighted by Crippen LogP contribution is 2.35. The fraction of sp³-hybridized carbons (Fsp3) is 0.692. The first kappa shape index (κ1) is 14.7. The van der Waals surface area contributed by atoms with Gasteiger partial charge in [-0.1, -0.05) is 6.08 Å². The molecule has 1 fully saturated rings. The molecule has 5 heteroatoms. The quantitative estimate of drug-likeness (QED) is 0.575. The summed E-state index contributed by atoms with van der Waals surface area (Å²) in [6, 6.07) is 0. The third-order valence-corrected chi connectivity index (χ3v) is 3.39. The van der Waals surface area contributed by atoms with Gasteiger partial charge >= 0.3 is 5.97 Å². The molecule has 0 aromatic rings. The Morgan fingerprint density at radius 3 is 2.61 bits per heavy atom. The number of hydrogen-bond donors (Lipinski definition) is 2. The van der Waals surface area contributed by atoms with Crippen LogP contribution in [-0.2, 0) is 14.3 Å². The molecular weight excluding hydrogens is 234 g/mol. The van der Waals surface area contributed by atoms with E-state index in [-0.39, 0.29) is 18.4 Å². The smallest absolute Gasteiger partial charge is 0.302 e. The number of esters is 1. The Kier molecular flexibility index (Phi) is 4.90. The van der Waals surface area contributed by atoms with Gasteiger partial charge in [0.05, 0.1) is 6.61 Å². The number of amides is 1. The van der Waals surface area contributed by atoms with Crippen molar-refractivity contribution in [2.75, 3.05) is 6.61 Å². The molecule has 18 heavy (non-hydrogen) atoms. The van der Waals surface area contributed by atoms with Crippen molar-refractivity contribution >= 4 is 11.9 Å². The monoisotopic (exact) mass is 255 g/mol. The molecule has 1 amide bonds. The van der Waals surface area contributed by atoms with E-state index in [9.17, 15) is 14.7 Å². The Hall–Kier alpha value is -1.36. The van der Waals surface area contributed by atoms with Gasteiger partial charge < -0.3 is 15.2 Å². The topological polar surface area (TPSA) is 75.6 Å². The molecule has 2 N–H and O–H groups in total. The molecule has 0 bridgehead atoms. The summed E-state index contributed by atoms with van der Waals surface area (Å²) in [7, 11) is 0. The fourth-order valence-corrected chi connectivity index (χ4v) is 2.60. The van der Waals surface area contributed by atoms with Crippen molar-refractivity contribution in [1.29, 1.82) is 0 Å². The number of aliphatic hydroxyl groups is 1. The summed E-state index contributed by atoms with van der Waals surface area (Å²) in [6.07, 6.45) is 3.31. The Labute approximate surface area is 107 Å². The van der Waals surface area contributed by atoms with E-state index in [0.29, 0.717) is 12.8 Å². The number of aliphatic hydroxyl groups excluding tert-OH is 1. The predicted molar refractivity (Wildman–Crippen MR) is 66.7 cm³/mol. The van der Waals surface area contributed by atoms with E-state index in [1.54, 1.807) is 0 Å². The number of rotatable bonds is 4. The summed E-state index contributed by atoms with van der Waals surface area (Å²) in [5, 5.41) is 12.4. The maximum absolute atomic E-state index is 11.3. The van der Waals surface area contributed by atoms with Crippen LogP contribution in [0.3, 0.4) is 0 Å². The van der Waals surface area contributed by atoms with Crippen LogP contribution in [0.15, 0.2) is 12.7 Å². The van der Waals surface area contributed by atoms with Gasteiger partial charge in [-0.2, -0.15) is 0 Å². The van der Waals surface area contributed by atoms with Gasteiger partial charge in [0.1, 0.15) is 11.6 Å². The first-order valence-corrected chi connectivity index (χ1v) is 6.13. The van der Waals surface area contributed by atoms with Crippen LogP contribution >= 0.6 is 0 Å². The lowest BCUT2D eigenvalue weighted by Gasteiger charge is -2.44. The van der Waals surface area contributed by atoms with E-state index in [2.05, 4.69) is 11.9 Å². The third-order valence-electron chi connectivity index (χ3n) is 3.39. The van der Waals surface area contributed by atoms with E-state index in [1.807, 2.05) is 6.08 Å². The zero-order valence-electron chi connectivity index (χ0n) is 10.9.